The summed E-state index contributed by atoms with van der Waals surface area (Å²) in [5.41, 5.74) is 0.932. The molecule has 0 aromatic heterocycles. The molecule has 2 aromatic carbocycles. The van der Waals surface area contributed by atoms with E-state index in [1.807, 2.05) is 5.32 Å². The summed E-state index contributed by atoms with van der Waals surface area (Å²) in [6.07, 6.45) is -5.01. The molecule has 0 unspecified atom stereocenters. The van der Waals surface area contributed by atoms with Gasteiger partial charge in [0.1, 0.15) is 25.0 Å². The number of alkyl halides is 3. The lowest BCUT2D eigenvalue weighted by Gasteiger charge is -2.42. The first-order chi connectivity index (χ1) is 17.5. The van der Waals surface area contributed by atoms with Crippen LogP contribution in [0.5, 0.6) is 5.75 Å². The van der Waals surface area contributed by atoms with E-state index in [0.717, 1.165) is 0 Å². The lowest BCUT2D eigenvalue weighted by Crippen LogP contribution is -2.54. The first-order valence-corrected chi connectivity index (χ1v) is 12.0. The molecule has 198 valence electrons. The van der Waals surface area contributed by atoms with Crippen molar-refractivity contribution in [2.45, 2.75) is 43.7 Å². The predicted molar refractivity (Wildman–Crippen MR) is 129 cm³/mol. The molecule has 0 saturated carbocycles. The lowest BCUT2D eigenvalue weighted by molar-refractivity contribution is -0.144. The minimum absolute atomic E-state index is 0.0707. The van der Waals surface area contributed by atoms with Gasteiger partial charge in [-0.05, 0) is 43.2 Å². The number of nitrogens with zero attached hydrogens (tertiary/aromatic N) is 1. The molecule has 2 N–H and O–H groups in total. The molecule has 3 amide bonds. The number of rotatable bonds is 5. The molecule has 8 nitrogen and oxygen atoms in total. The van der Waals surface area contributed by atoms with E-state index in [-0.39, 0.29) is 30.5 Å². The minimum atomic E-state index is -4.49. The molecular weight excluding hydrogens is 515 g/mol. The summed E-state index contributed by atoms with van der Waals surface area (Å²) < 4.78 is 48.9. The molecule has 0 aliphatic carbocycles. The molecule has 2 aliphatic rings. The van der Waals surface area contributed by atoms with Crippen LogP contribution in [-0.4, -0.2) is 67.2 Å². The van der Waals surface area contributed by atoms with Crippen LogP contribution in [0, 0.1) is 0 Å². The van der Waals surface area contributed by atoms with E-state index in [9.17, 15) is 27.6 Å². The van der Waals surface area contributed by atoms with Crippen molar-refractivity contribution >= 4 is 35.0 Å². The van der Waals surface area contributed by atoms with Crippen molar-refractivity contribution in [1.82, 2.24) is 10.2 Å². The third-order valence-electron chi connectivity index (χ3n) is 6.29. The van der Waals surface area contributed by atoms with Crippen molar-refractivity contribution in [2.75, 3.05) is 25.5 Å². The van der Waals surface area contributed by atoms with Gasteiger partial charge < -0.3 is 25.0 Å². The zero-order valence-corrected chi connectivity index (χ0v) is 20.6. The van der Waals surface area contributed by atoms with E-state index in [0.29, 0.717) is 34.9 Å². The van der Waals surface area contributed by atoms with Crippen molar-refractivity contribution in [3.63, 3.8) is 0 Å². The molecule has 1 saturated heterocycles. The van der Waals surface area contributed by atoms with E-state index in [4.69, 9.17) is 21.1 Å². The average molecular weight is 540 g/mol. The van der Waals surface area contributed by atoms with Crippen LogP contribution in [0.1, 0.15) is 40.0 Å². The second kappa shape index (κ2) is 11.0. The van der Waals surface area contributed by atoms with Gasteiger partial charge in [0.05, 0.1) is 34.7 Å². The number of fused-ring (bicyclic) bond motifs is 2. The van der Waals surface area contributed by atoms with Gasteiger partial charge in [0, 0.05) is 12.7 Å². The van der Waals surface area contributed by atoms with Gasteiger partial charge in [0.25, 0.3) is 11.8 Å². The summed E-state index contributed by atoms with van der Waals surface area (Å²) >= 11 is 6.10. The predicted octanol–water partition coefficient (Wildman–Crippen LogP) is 4.04. The first kappa shape index (κ1) is 26.7. The molecule has 0 bridgehead atoms. The van der Waals surface area contributed by atoms with Crippen LogP contribution >= 0.6 is 11.6 Å². The Balaban J connectivity index is 1.44. The molecule has 2 aromatic rings. The smallest absolute Gasteiger partial charge is 0.405 e. The number of carbonyl (C=O) groups excluding carboxylic acids is 3. The van der Waals surface area contributed by atoms with Gasteiger partial charge in [0.2, 0.25) is 5.91 Å². The molecule has 12 heteroatoms. The summed E-state index contributed by atoms with van der Waals surface area (Å²) in [6, 6.07) is 10.9. The van der Waals surface area contributed by atoms with Gasteiger partial charge in [-0.3, -0.25) is 14.4 Å². The third kappa shape index (κ3) is 6.53. The summed E-state index contributed by atoms with van der Waals surface area (Å²) in [5, 5.41) is 4.88. The van der Waals surface area contributed by atoms with Crippen molar-refractivity contribution in [3.8, 4) is 5.75 Å². The van der Waals surface area contributed by atoms with Crippen LogP contribution < -0.4 is 15.4 Å². The number of halogens is 4. The highest BCUT2D eigenvalue weighted by molar-refractivity contribution is 6.34. The van der Waals surface area contributed by atoms with Crippen molar-refractivity contribution < 1.29 is 37.0 Å². The Labute approximate surface area is 216 Å². The van der Waals surface area contributed by atoms with Crippen molar-refractivity contribution in [1.29, 1.82) is 0 Å². The maximum atomic E-state index is 13.3. The molecule has 4 rings (SSSR count). The largest absolute Gasteiger partial charge is 0.490 e. The van der Waals surface area contributed by atoms with E-state index < -0.39 is 36.7 Å². The second-order valence-electron chi connectivity index (χ2n) is 8.91. The Morgan fingerprint density at radius 3 is 2.65 bits per heavy atom. The van der Waals surface area contributed by atoms with Crippen LogP contribution in [0.15, 0.2) is 42.5 Å². The number of amides is 3. The Bertz CT molecular complexity index is 1190. The monoisotopic (exact) mass is 539 g/mol. The van der Waals surface area contributed by atoms with Gasteiger partial charge in [-0.1, -0.05) is 23.7 Å². The summed E-state index contributed by atoms with van der Waals surface area (Å²) in [4.78, 5) is 39.4. The number of benzene rings is 2. The maximum absolute atomic E-state index is 13.3. The Hall–Kier alpha value is -3.31. The van der Waals surface area contributed by atoms with Crippen LogP contribution in [0.3, 0.4) is 0 Å². The maximum Gasteiger partial charge on any atom is 0.405 e. The van der Waals surface area contributed by atoms with Crippen LogP contribution in [0.4, 0.5) is 18.9 Å². The van der Waals surface area contributed by atoms with E-state index in [1.54, 1.807) is 43.4 Å². The summed E-state index contributed by atoms with van der Waals surface area (Å²) in [6.45, 7) is -1.33. The lowest BCUT2D eigenvalue weighted by atomic mass is 9.94. The topological polar surface area (TPSA) is 97.0 Å². The van der Waals surface area contributed by atoms with Gasteiger partial charge in [0.15, 0.2) is 0 Å². The quantitative estimate of drug-likeness (QED) is 0.598. The Kier molecular flexibility index (Phi) is 7.93. The number of hydrogen-bond acceptors (Lipinski definition) is 5. The summed E-state index contributed by atoms with van der Waals surface area (Å²) in [7, 11) is 1.63. The van der Waals surface area contributed by atoms with E-state index >= 15 is 0 Å². The molecular formula is C25H25ClF3N3O5. The van der Waals surface area contributed by atoms with Gasteiger partial charge in [-0.2, -0.15) is 13.2 Å². The summed E-state index contributed by atoms with van der Waals surface area (Å²) in [5.74, 6) is -1.24. The van der Waals surface area contributed by atoms with Crippen molar-refractivity contribution in [3.05, 3.63) is 58.6 Å². The molecule has 0 spiro atoms. The van der Waals surface area contributed by atoms with Crippen LogP contribution in [0.25, 0.3) is 0 Å². The number of hydrogen-bond donors (Lipinski definition) is 2. The van der Waals surface area contributed by atoms with Crippen LogP contribution in [0.2, 0.25) is 5.02 Å². The zero-order chi connectivity index (χ0) is 26.7. The Morgan fingerprint density at radius 1 is 1.16 bits per heavy atom. The average Bonchev–Trinajstić information content (AvgIpc) is 2.85. The van der Waals surface area contributed by atoms with E-state index in [1.165, 1.54) is 11.0 Å². The van der Waals surface area contributed by atoms with Gasteiger partial charge >= 0.3 is 6.18 Å². The first-order valence-electron chi connectivity index (χ1n) is 11.6. The number of ether oxygens (including phenoxy) is 2. The molecule has 1 fully saturated rings. The fourth-order valence-corrected chi connectivity index (χ4v) is 4.65. The van der Waals surface area contributed by atoms with Gasteiger partial charge in [-0.15, -0.1) is 0 Å². The number of anilines is 1. The molecule has 3 atom stereocenters. The Morgan fingerprint density at radius 2 is 1.92 bits per heavy atom. The minimum Gasteiger partial charge on any atom is -0.490 e. The fourth-order valence-electron chi connectivity index (χ4n) is 4.43. The fraction of sp³-hybridized carbons (Fsp3) is 0.400. The normalized spacial score (nSPS) is 21.6. The SMILES string of the molecule is CN1C(=O)c2cc(NC(=O)c3ccccc3Cl)ccc2OC[C@@H]2O[C@H](CC(=O)NCC(F)(F)F)CC[C@@H]21. The van der Waals surface area contributed by atoms with Crippen LogP contribution in [-0.2, 0) is 9.53 Å². The number of carbonyl (C=O) groups is 3. The number of nitrogens with one attached hydrogen (secondary N) is 2. The molecule has 0 radical (unpaired) electrons. The van der Waals surface area contributed by atoms with Crippen molar-refractivity contribution in [2.24, 2.45) is 0 Å². The second-order valence-corrected chi connectivity index (χ2v) is 9.32. The highest BCUT2D eigenvalue weighted by Crippen LogP contribution is 2.33. The van der Waals surface area contributed by atoms with Gasteiger partial charge in [-0.25, -0.2) is 0 Å². The molecule has 2 aliphatic heterocycles. The van der Waals surface area contributed by atoms with E-state index in [2.05, 4.69) is 5.32 Å². The molecule has 2 heterocycles. The number of likely N-dealkylation sites (N-methyl/N-ethyl adjacent to an activating group) is 1. The zero-order valence-electron chi connectivity index (χ0n) is 19.8. The third-order valence-corrected chi connectivity index (χ3v) is 6.62. The highest BCUT2D eigenvalue weighted by atomic mass is 35.5. The molecule has 37 heavy (non-hydrogen) atoms. The highest BCUT2D eigenvalue weighted by Gasteiger charge is 2.39. The standard InChI is InChI=1S/C25H25ClF3N3O5/c1-32-19-8-7-15(11-22(33)30-13-25(27,28)29)37-21(19)12-36-20-9-6-14(10-17(20)24(32)35)31-23(34)16-4-2-3-5-18(16)26/h2-6,9-10,15,19,21H,7-8,11-13H2,1H3,(H,30,33)(H,31,34)/t15-,19-,21-/m0/s1.